The lowest BCUT2D eigenvalue weighted by Gasteiger charge is -2.14. The molecule has 0 aliphatic carbocycles. The average Bonchev–Trinajstić information content (AvgIpc) is 3.02. The van der Waals surface area contributed by atoms with Crippen LogP contribution in [0.25, 0.3) is 0 Å². The van der Waals surface area contributed by atoms with E-state index in [4.69, 9.17) is 14.6 Å². The highest BCUT2D eigenvalue weighted by Gasteiger charge is 2.17. The maximum absolute atomic E-state index is 12.9. The molecule has 0 bridgehead atoms. The molecular weight excluding hydrogens is 647 g/mol. The minimum atomic E-state index is -3.96. The number of primary sulfonamides is 1. The van der Waals surface area contributed by atoms with Crippen LogP contribution < -0.4 is 15.2 Å². The Hall–Kier alpha value is -3.53. The number of hydrogen-bond acceptors (Lipinski definition) is 10. The van der Waals surface area contributed by atoms with E-state index in [0.717, 1.165) is 50.6 Å². The number of aliphatic hydroxyl groups is 1. The van der Waals surface area contributed by atoms with Gasteiger partial charge in [-0.25, -0.2) is 22.0 Å². The quantitative estimate of drug-likeness (QED) is 0.0801. The SMILES string of the molecule is CC(=O)OCc1cc([C@@H](O)CNCCCCCCOCCCCc2cccc(S(=O)(=O)Nc3cccc(S(N)(=O)=O)c3)c2)ccc1O. The number of aryl methyl sites for hydroxylation is 1. The van der Waals surface area contributed by atoms with Crippen molar-refractivity contribution in [3.05, 3.63) is 83.4 Å². The van der Waals surface area contributed by atoms with Gasteiger partial charge in [0.1, 0.15) is 12.4 Å². The fourth-order valence-corrected chi connectivity index (χ4v) is 6.40. The van der Waals surface area contributed by atoms with Crippen molar-refractivity contribution in [2.45, 2.75) is 74.4 Å². The smallest absolute Gasteiger partial charge is 0.302 e. The summed E-state index contributed by atoms with van der Waals surface area (Å²) >= 11 is 0. The monoisotopic (exact) mass is 691 g/mol. The highest BCUT2D eigenvalue weighted by atomic mass is 32.2. The third-order valence-electron chi connectivity index (χ3n) is 7.28. The summed E-state index contributed by atoms with van der Waals surface area (Å²) in [4.78, 5) is 10.9. The molecule has 0 unspecified atom stereocenters. The number of hydrogen-bond donors (Lipinski definition) is 5. The molecule has 6 N–H and O–H groups in total. The predicted molar refractivity (Wildman–Crippen MR) is 179 cm³/mol. The van der Waals surface area contributed by atoms with E-state index in [1.165, 1.54) is 43.3 Å². The van der Waals surface area contributed by atoms with Gasteiger partial charge in [-0.15, -0.1) is 0 Å². The molecular formula is C33H45N3O9S2. The van der Waals surface area contributed by atoms with Crippen LogP contribution >= 0.6 is 0 Å². The fourth-order valence-electron chi connectivity index (χ4n) is 4.73. The van der Waals surface area contributed by atoms with Crippen molar-refractivity contribution in [3.8, 4) is 5.75 Å². The maximum Gasteiger partial charge on any atom is 0.302 e. The van der Waals surface area contributed by atoms with Crippen LogP contribution in [0, 0.1) is 0 Å². The van der Waals surface area contributed by atoms with Crippen LogP contribution in [0.15, 0.2) is 76.5 Å². The molecule has 0 fully saturated rings. The zero-order valence-corrected chi connectivity index (χ0v) is 28.2. The van der Waals surface area contributed by atoms with E-state index in [1.807, 2.05) is 6.07 Å². The van der Waals surface area contributed by atoms with E-state index in [2.05, 4.69) is 10.0 Å². The Labute approximate surface area is 277 Å². The Bertz CT molecular complexity index is 1670. The van der Waals surface area contributed by atoms with E-state index in [0.29, 0.717) is 37.3 Å². The summed E-state index contributed by atoms with van der Waals surface area (Å²) in [5.41, 5.74) is 2.06. The van der Waals surface area contributed by atoms with Crippen LogP contribution in [-0.4, -0.2) is 59.3 Å². The van der Waals surface area contributed by atoms with Crippen molar-refractivity contribution in [1.82, 2.24) is 5.32 Å². The first-order valence-corrected chi connectivity index (χ1v) is 18.5. The van der Waals surface area contributed by atoms with E-state index in [1.54, 1.807) is 24.3 Å². The number of rotatable bonds is 21. The van der Waals surface area contributed by atoms with Crippen molar-refractivity contribution in [2.75, 3.05) is 31.0 Å². The molecule has 0 heterocycles. The first kappa shape index (κ1) is 37.9. The normalized spacial score (nSPS) is 12.5. The Kier molecular flexibility index (Phi) is 15.1. The van der Waals surface area contributed by atoms with Gasteiger partial charge in [-0.1, -0.05) is 37.1 Å². The molecule has 47 heavy (non-hydrogen) atoms. The van der Waals surface area contributed by atoms with Gasteiger partial charge in [0, 0.05) is 32.2 Å². The number of phenols is 1. The molecule has 0 aromatic heterocycles. The maximum atomic E-state index is 12.9. The molecule has 12 nitrogen and oxygen atoms in total. The van der Waals surface area contributed by atoms with Gasteiger partial charge in [0.2, 0.25) is 10.0 Å². The van der Waals surface area contributed by atoms with Crippen molar-refractivity contribution in [2.24, 2.45) is 5.14 Å². The fraction of sp³-hybridized carbons (Fsp3) is 0.424. The van der Waals surface area contributed by atoms with Crippen LogP contribution in [-0.2, 0) is 47.3 Å². The van der Waals surface area contributed by atoms with Gasteiger partial charge < -0.3 is 25.0 Å². The number of nitrogens with one attached hydrogen (secondary N) is 2. The third kappa shape index (κ3) is 13.6. The molecule has 0 aliphatic heterocycles. The van der Waals surface area contributed by atoms with Crippen LogP contribution in [0.5, 0.6) is 5.75 Å². The molecule has 3 aromatic rings. The molecule has 0 spiro atoms. The number of anilines is 1. The van der Waals surface area contributed by atoms with Crippen LogP contribution in [0.1, 0.15) is 68.2 Å². The highest BCUT2D eigenvalue weighted by molar-refractivity contribution is 7.92. The summed E-state index contributed by atoms with van der Waals surface area (Å²) in [6, 6.07) is 16.8. The van der Waals surface area contributed by atoms with Gasteiger partial charge in [-0.3, -0.25) is 9.52 Å². The second-order valence-corrected chi connectivity index (χ2v) is 14.4. The summed E-state index contributed by atoms with van der Waals surface area (Å²) < 4.78 is 62.0. The zero-order valence-electron chi connectivity index (χ0n) is 26.6. The Morgan fingerprint density at radius 2 is 1.57 bits per heavy atom. The zero-order chi connectivity index (χ0) is 34.3. The Morgan fingerprint density at radius 3 is 2.32 bits per heavy atom. The van der Waals surface area contributed by atoms with Gasteiger partial charge >= 0.3 is 5.97 Å². The van der Waals surface area contributed by atoms with Crippen molar-refractivity contribution < 1.29 is 41.3 Å². The highest BCUT2D eigenvalue weighted by Crippen LogP contribution is 2.23. The molecule has 0 aliphatic rings. The topological polar surface area (TPSA) is 194 Å². The van der Waals surface area contributed by atoms with Crippen molar-refractivity contribution >= 4 is 31.7 Å². The van der Waals surface area contributed by atoms with Gasteiger partial charge in [0.05, 0.1) is 21.6 Å². The number of unbranched alkanes of at least 4 members (excludes halogenated alkanes) is 4. The lowest BCUT2D eigenvalue weighted by Crippen LogP contribution is -2.22. The minimum Gasteiger partial charge on any atom is -0.508 e. The van der Waals surface area contributed by atoms with E-state index >= 15 is 0 Å². The number of aromatic hydroxyl groups is 1. The number of nitrogens with two attached hydrogens (primary N) is 1. The number of aliphatic hydroxyl groups excluding tert-OH is 1. The van der Waals surface area contributed by atoms with E-state index < -0.39 is 32.1 Å². The molecule has 0 amide bonds. The van der Waals surface area contributed by atoms with Crippen LogP contribution in [0.4, 0.5) is 5.69 Å². The molecule has 0 saturated carbocycles. The van der Waals surface area contributed by atoms with E-state index in [9.17, 15) is 31.8 Å². The first-order chi connectivity index (χ1) is 22.3. The van der Waals surface area contributed by atoms with Crippen LogP contribution in [0.3, 0.4) is 0 Å². The largest absolute Gasteiger partial charge is 0.508 e. The second kappa shape index (κ2) is 18.7. The van der Waals surface area contributed by atoms with Gasteiger partial charge in [0.25, 0.3) is 10.0 Å². The summed E-state index contributed by atoms with van der Waals surface area (Å²) in [5.74, 6) is -0.426. The standard InChI is InChI=1S/C33H45N3O9S2/c1-25(37)45-24-28-21-27(15-16-32(28)38)33(39)23-35-17-5-2-3-6-18-44-19-7-4-10-26-11-8-14-31(20-26)47(42,43)36-29-12-9-13-30(22-29)46(34,40)41/h8-9,11-16,20-22,33,35-36,38-39H,2-7,10,17-19,23-24H2,1H3,(H2,34,40,41)/t33-/m0/s1. The summed E-state index contributed by atoms with van der Waals surface area (Å²) in [5, 5.41) is 28.8. The number of carbonyl (C=O) groups is 1. The predicted octanol–water partition coefficient (Wildman–Crippen LogP) is 4.13. The van der Waals surface area contributed by atoms with Crippen molar-refractivity contribution in [3.63, 3.8) is 0 Å². The molecule has 258 valence electrons. The van der Waals surface area contributed by atoms with Crippen LogP contribution in [0.2, 0.25) is 0 Å². The van der Waals surface area contributed by atoms with Gasteiger partial charge in [-0.05, 0) is 92.2 Å². The average molecular weight is 692 g/mol. The summed E-state index contributed by atoms with van der Waals surface area (Å²) in [6.45, 7) is 3.68. The molecule has 3 aromatic carbocycles. The lowest BCUT2D eigenvalue weighted by atomic mass is 10.1. The number of benzene rings is 3. The number of sulfonamides is 2. The van der Waals surface area contributed by atoms with Gasteiger partial charge in [0.15, 0.2) is 0 Å². The van der Waals surface area contributed by atoms with Gasteiger partial charge in [-0.2, -0.15) is 0 Å². The van der Waals surface area contributed by atoms with Crippen molar-refractivity contribution in [1.29, 1.82) is 0 Å². The second-order valence-electron chi connectivity index (χ2n) is 11.2. The summed E-state index contributed by atoms with van der Waals surface area (Å²) in [6.07, 6.45) is 5.60. The number of phenolic OH excluding ortho intramolecular Hbond substituents is 1. The number of esters is 1. The van der Waals surface area contributed by atoms with E-state index in [-0.39, 0.29) is 27.8 Å². The lowest BCUT2D eigenvalue weighted by molar-refractivity contribution is -0.142. The third-order valence-corrected chi connectivity index (χ3v) is 9.57. The molecule has 0 radical (unpaired) electrons. The molecule has 3 rings (SSSR count). The number of ether oxygens (including phenoxy) is 2. The first-order valence-electron chi connectivity index (χ1n) is 15.5. The number of carbonyl (C=O) groups excluding carboxylic acids is 1. The molecule has 0 saturated heterocycles. The summed E-state index contributed by atoms with van der Waals surface area (Å²) in [7, 11) is -7.88. The molecule has 14 heteroatoms. The minimum absolute atomic E-state index is 0.0151. The Morgan fingerprint density at radius 1 is 0.872 bits per heavy atom. The molecule has 1 atom stereocenters. The Balaban J connectivity index is 1.24.